The fraction of sp³-hybridized carbons (Fsp3) is 0.150. The Hall–Kier alpha value is -3.55. The molecule has 144 valence electrons. The number of para-hydroxylation sites is 2. The lowest BCUT2D eigenvalue weighted by Crippen LogP contribution is -2.15. The van der Waals surface area contributed by atoms with Gasteiger partial charge >= 0.3 is 0 Å². The van der Waals surface area contributed by atoms with Crippen LogP contribution in [0, 0.1) is 11.6 Å². The quantitative estimate of drug-likeness (QED) is 0.653. The van der Waals surface area contributed by atoms with E-state index in [1.807, 2.05) is 38.1 Å². The van der Waals surface area contributed by atoms with Crippen LogP contribution in [-0.4, -0.2) is 22.2 Å². The van der Waals surface area contributed by atoms with Gasteiger partial charge in [-0.05, 0) is 50.2 Å². The molecule has 3 rings (SSSR count). The molecule has 8 heteroatoms. The smallest absolute Gasteiger partial charge is 0.276 e. The first-order chi connectivity index (χ1) is 13.4. The minimum absolute atomic E-state index is 0.0106. The number of halogens is 2. The molecule has 6 nitrogen and oxygen atoms in total. The number of hydrogen-bond acceptors (Lipinski definition) is 5. The highest BCUT2D eigenvalue weighted by atomic mass is 19.2. The van der Waals surface area contributed by atoms with Crippen molar-refractivity contribution in [2.75, 3.05) is 10.6 Å². The van der Waals surface area contributed by atoms with Crippen LogP contribution in [0.5, 0.6) is 5.75 Å². The number of hydrogen-bond donors (Lipinski definition) is 2. The monoisotopic (exact) mass is 384 g/mol. The van der Waals surface area contributed by atoms with E-state index in [-0.39, 0.29) is 17.5 Å². The summed E-state index contributed by atoms with van der Waals surface area (Å²) >= 11 is 0. The molecule has 0 unspecified atom stereocenters. The van der Waals surface area contributed by atoms with E-state index in [4.69, 9.17) is 4.74 Å². The molecule has 28 heavy (non-hydrogen) atoms. The summed E-state index contributed by atoms with van der Waals surface area (Å²) in [5, 5.41) is 13.4. The minimum atomic E-state index is -1.05. The van der Waals surface area contributed by atoms with E-state index in [1.54, 1.807) is 6.07 Å². The second-order valence-corrected chi connectivity index (χ2v) is 6.17. The Morgan fingerprint density at radius 3 is 2.46 bits per heavy atom. The molecule has 2 N–H and O–H groups in total. The maximum Gasteiger partial charge on any atom is 0.276 e. The second kappa shape index (κ2) is 8.43. The molecule has 0 saturated carbocycles. The molecular weight excluding hydrogens is 366 g/mol. The zero-order valence-corrected chi connectivity index (χ0v) is 15.2. The molecule has 0 fully saturated rings. The van der Waals surface area contributed by atoms with Crippen LogP contribution in [0.3, 0.4) is 0 Å². The number of carbonyl (C=O) groups excluding carboxylic acids is 1. The lowest BCUT2D eigenvalue weighted by molar-refractivity contribution is 0.102. The molecule has 3 aromatic rings. The van der Waals surface area contributed by atoms with E-state index in [2.05, 4.69) is 20.8 Å². The Balaban J connectivity index is 1.70. The molecule has 1 amide bonds. The first kappa shape index (κ1) is 19.2. The van der Waals surface area contributed by atoms with Gasteiger partial charge in [0.1, 0.15) is 5.75 Å². The van der Waals surface area contributed by atoms with Crippen LogP contribution < -0.4 is 15.4 Å². The van der Waals surface area contributed by atoms with Crippen LogP contribution in [0.4, 0.5) is 26.0 Å². The summed E-state index contributed by atoms with van der Waals surface area (Å²) in [6.45, 7) is 3.86. The molecule has 0 aliphatic heterocycles. The molecule has 0 saturated heterocycles. The van der Waals surface area contributed by atoms with Gasteiger partial charge < -0.3 is 15.4 Å². The Labute approximate surface area is 160 Å². The summed E-state index contributed by atoms with van der Waals surface area (Å²) in [7, 11) is 0. The highest BCUT2D eigenvalue weighted by molar-refractivity contribution is 6.02. The number of rotatable bonds is 6. The molecule has 0 radical (unpaired) electrons. The maximum absolute atomic E-state index is 13.2. The van der Waals surface area contributed by atoms with E-state index >= 15 is 0 Å². The zero-order valence-electron chi connectivity index (χ0n) is 15.2. The predicted octanol–water partition coefficient (Wildman–Crippen LogP) is 4.54. The summed E-state index contributed by atoms with van der Waals surface area (Å²) in [5.41, 5.74) is 0.860. The standard InChI is InChI=1S/C20H18F2N4O2/c1-12(2)28-18-6-4-3-5-16(18)24-19-10-9-17(25-26-19)20(27)23-13-7-8-14(21)15(22)11-13/h3-12H,1-2H3,(H,23,27)(H,24,26). The van der Waals surface area contributed by atoms with Crippen LogP contribution in [0.25, 0.3) is 0 Å². The van der Waals surface area contributed by atoms with E-state index in [9.17, 15) is 13.6 Å². The molecule has 0 bridgehead atoms. The molecular formula is C20H18F2N4O2. The number of carbonyl (C=O) groups is 1. The van der Waals surface area contributed by atoms with Gasteiger partial charge in [-0.15, -0.1) is 10.2 Å². The number of ether oxygens (including phenoxy) is 1. The van der Waals surface area contributed by atoms with Crippen molar-refractivity contribution >= 4 is 23.1 Å². The molecule has 0 atom stereocenters. The van der Waals surface area contributed by atoms with Crippen LogP contribution in [0.15, 0.2) is 54.6 Å². The van der Waals surface area contributed by atoms with Crippen molar-refractivity contribution in [2.24, 2.45) is 0 Å². The van der Waals surface area contributed by atoms with Gasteiger partial charge in [-0.2, -0.15) is 0 Å². The number of aromatic nitrogens is 2. The van der Waals surface area contributed by atoms with Gasteiger partial charge in [-0.25, -0.2) is 8.78 Å². The van der Waals surface area contributed by atoms with Gasteiger partial charge in [0.25, 0.3) is 5.91 Å². The lowest BCUT2D eigenvalue weighted by atomic mass is 10.2. The number of benzene rings is 2. The third-order valence-electron chi connectivity index (χ3n) is 3.59. The van der Waals surface area contributed by atoms with Crippen molar-refractivity contribution in [3.05, 3.63) is 71.9 Å². The zero-order chi connectivity index (χ0) is 20.1. The van der Waals surface area contributed by atoms with Crippen LogP contribution in [0.1, 0.15) is 24.3 Å². The highest BCUT2D eigenvalue weighted by Gasteiger charge is 2.11. The molecule has 1 aromatic heterocycles. The van der Waals surface area contributed by atoms with E-state index in [0.717, 1.165) is 12.1 Å². The van der Waals surface area contributed by atoms with Crippen molar-refractivity contribution in [1.29, 1.82) is 0 Å². The summed E-state index contributed by atoms with van der Waals surface area (Å²) in [4.78, 5) is 12.2. The summed E-state index contributed by atoms with van der Waals surface area (Å²) in [6.07, 6.45) is 0.0106. The van der Waals surface area contributed by atoms with Gasteiger partial charge in [0.15, 0.2) is 23.1 Å². The number of amides is 1. The van der Waals surface area contributed by atoms with Gasteiger partial charge in [0, 0.05) is 11.8 Å². The first-order valence-electron chi connectivity index (χ1n) is 8.55. The van der Waals surface area contributed by atoms with Crippen molar-refractivity contribution in [3.63, 3.8) is 0 Å². The first-order valence-corrected chi connectivity index (χ1v) is 8.55. The van der Waals surface area contributed by atoms with Crippen LogP contribution >= 0.6 is 0 Å². The fourth-order valence-electron chi connectivity index (χ4n) is 2.35. The van der Waals surface area contributed by atoms with E-state index in [0.29, 0.717) is 17.3 Å². The van der Waals surface area contributed by atoms with Crippen molar-refractivity contribution in [1.82, 2.24) is 10.2 Å². The van der Waals surface area contributed by atoms with Gasteiger partial charge in [0.2, 0.25) is 0 Å². The molecule has 2 aromatic carbocycles. The van der Waals surface area contributed by atoms with Gasteiger partial charge in [-0.3, -0.25) is 4.79 Å². The topological polar surface area (TPSA) is 76.1 Å². The Kier molecular flexibility index (Phi) is 5.78. The second-order valence-electron chi connectivity index (χ2n) is 6.17. The maximum atomic E-state index is 13.2. The van der Waals surface area contributed by atoms with E-state index < -0.39 is 17.5 Å². The lowest BCUT2D eigenvalue weighted by Gasteiger charge is -2.14. The summed E-state index contributed by atoms with van der Waals surface area (Å²) in [6, 6.07) is 13.5. The molecule has 1 heterocycles. The number of anilines is 3. The van der Waals surface area contributed by atoms with Crippen LogP contribution in [0.2, 0.25) is 0 Å². The summed E-state index contributed by atoms with van der Waals surface area (Å²) < 4.78 is 31.9. The Bertz CT molecular complexity index is 978. The normalized spacial score (nSPS) is 10.6. The molecule has 0 aliphatic rings. The third-order valence-corrected chi connectivity index (χ3v) is 3.59. The van der Waals surface area contributed by atoms with E-state index in [1.165, 1.54) is 12.1 Å². The average molecular weight is 384 g/mol. The largest absolute Gasteiger partial charge is 0.489 e. The fourth-order valence-corrected chi connectivity index (χ4v) is 2.35. The van der Waals surface area contributed by atoms with Crippen molar-refractivity contribution in [3.8, 4) is 5.75 Å². The van der Waals surface area contributed by atoms with Gasteiger partial charge in [0.05, 0.1) is 11.8 Å². The van der Waals surface area contributed by atoms with Crippen LogP contribution in [-0.2, 0) is 0 Å². The minimum Gasteiger partial charge on any atom is -0.489 e. The number of nitrogens with one attached hydrogen (secondary N) is 2. The predicted molar refractivity (Wildman–Crippen MR) is 102 cm³/mol. The summed E-state index contributed by atoms with van der Waals surface area (Å²) in [5.74, 6) is -1.54. The SMILES string of the molecule is CC(C)Oc1ccccc1Nc1ccc(C(=O)Nc2ccc(F)c(F)c2)nn1. The van der Waals surface area contributed by atoms with Gasteiger partial charge in [-0.1, -0.05) is 12.1 Å². The Morgan fingerprint density at radius 1 is 1.00 bits per heavy atom. The van der Waals surface area contributed by atoms with Crippen molar-refractivity contribution in [2.45, 2.75) is 20.0 Å². The van der Waals surface area contributed by atoms with Crippen molar-refractivity contribution < 1.29 is 18.3 Å². The molecule has 0 aliphatic carbocycles. The third kappa shape index (κ3) is 4.79. The Morgan fingerprint density at radius 2 is 1.79 bits per heavy atom. The number of nitrogens with zero attached hydrogens (tertiary/aromatic N) is 2. The average Bonchev–Trinajstić information content (AvgIpc) is 2.66. The molecule has 0 spiro atoms. The highest BCUT2D eigenvalue weighted by Crippen LogP contribution is 2.27.